The zero-order chi connectivity index (χ0) is 15.5. The monoisotopic (exact) mass is 292 g/mol. The number of pyridine rings is 1. The predicted octanol–water partition coefficient (Wildman–Crippen LogP) is 1.73. The van der Waals surface area contributed by atoms with Crippen molar-refractivity contribution in [2.75, 3.05) is 37.6 Å². The second-order valence-electron chi connectivity index (χ2n) is 6.48. The molecule has 1 aromatic heterocycles. The molecule has 2 N–H and O–H groups in total. The molecule has 0 saturated carbocycles. The van der Waals surface area contributed by atoms with Crippen molar-refractivity contribution < 1.29 is 4.74 Å². The molecule has 118 valence electrons. The largest absolute Gasteiger partial charge is 0.487 e. The SMILES string of the molecule is CC(C)Oc1cccnc1N1CCN(C(C)(C)CN)CC1. The van der Waals surface area contributed by atoms with Crippen molar-refractivity contribution in [3.8, 4) is 5.75 Å². The van der Waals surface area contributed by atoms with Crippen LogP contribution in [-0.4, -0.2) is 54.3 Å². The molecule has 1 aliphatic heterocycles. The molecule has 1 aromatic rings. The van der Waals surface area contributed by atoms with Crippen LogP contribution in [0.5, 0.6) is 5.75 Å². The van der Waals surface area contributed by atoms with E-state index >= 15 is 0 Å². The summed E-state index contributed by atoms with van der Waals surface area (Å²) < 4.78 is 5.88. The zero-order valence-corrected chi connectivity index (χ0v) is 13.7. The molecule has 0 amide bonds. The van der Waals surface area contributed by atoms with Gasteiger partial charge in [0.1, 0.15) is 0 Å². The summed E-state index contributed by atoms with van der Waals surface area (Å²) in [6, 6.07) is 3.92. The van der Waals surface area contributed by atoms with Gasteiger partial charge in [-0.1, -0.05) is 0 Å². The molecule has 0 aromatic carbocycles. The van der Waals surface area contributed by atoms with Crippen LogP contribution in [0.15, 0.2) is 18.3 Å². The fourth-order valence-electron chi connectivity index (χ4n) is 2.62. The molecule has 1 fully saturated rings. The Kier molecular flexibility index (Phi) is 5.06. The van der Waals surface area contributed by atoms with Crippen molar-refractivity contribution in [3.63, 3.8) is 0 Å². The molecule has 0 radical (unpaired) electrons. The van der Waals surface area contributed by atoms with Crippen molar-refractivity contribution >= 4 is 5.82 Å². The van der Waals surface area contributed by atoms with Gasteiger partial charge in [-0.25, -0.2) is 4.98 Å². The average Bonchev–Trinajstić information content (AvgIpc) is 2.47. The maximum absolute atomic E-state index is 5.88. The summed E-state index contributed by atoms with van der Waals surface area (Å²) in [6.07, 6.45) is 1.99. The Bertz CT molecular complexity index is 453. The highest BCUT2D eigenvalue weighted by Gasteiger charge is 2.29. The van der Waals surface area contributed by atoms with Crippen molar-refractivity contribution in [2.24, 2.45) is 5.73 Å². The van der Waals surface area contributed by atoms with Crippen molar-refractivity contribution in [1.82, 2.24) is 9.88 Å². The van der Waals surface area contributed by atoms with E-state index in [-0.39, 0.29) is 11.6 Å². The van der Waals surface area contributed by atoms with E-state index in [2.05, 4.69) is 28.6 Å². The number of hydrogen-bond acceptors (Lipinski definition) is 5. The van der Waals surface area contributed by atoms with Crippen molar-refractivity contribution in [1.29, 1.82) is 0 Å². The topological polar surface area (TPSA) is 54.6 Å². The Balaban J connectivity index is 2.06. The summed E-state index contributed by atoms with van der Waals surface area (Å²) in [5.41, 5.74) is 5.94. The Hall–Kier alpha value is -1.33. The Morgan fingerprint density at radius 1 is 1.29 bits per heavy atom. The zero-order valence-electron chi connectivity index (χ0n) is 13.7. The highest BCUT2D eigenvalue weighted by molar-refractivity contribution is 5.52. The van der Waals surface area contributed by atoms with Gasteiger partial charge in [-0.15, -0.1) is 0 Å². The molecule has 5 nitrogen and oxygen atoms in total. The third kappa shape index (κ3) is 3.86. The highest BCUT2D eigenvalue weighted by Crippen LogP contribution is 2.28. The molecule has 2 rings (SSSR count). The first-order chi connectivity index (χ1) is 9.94. The molecular formula is C16H28N4O. The number of piperazine rings is 1. The van der Waals surface area contributed by atoms with Crippen LogP contribution in [0.25, 0.3) is 0 Å². The molecule has 2 heterocycles. The van der Waals surface area contributed by atoms with E-state index in [1.165, 1.54) is 0 Å². The van der Waals surface area contributed by atoms with E-state index < -0.39 is 0 Å². The Labute approximate surface area is 128 Å². The van der Waals surface area contributed by atoms with Crippen LogP contribution in [0.1, 0.15) is 27.7 Å². The van der Waals surface area contributed by atoms with Crippen LogP contribution in [-0.2, 0) is 0 Å². The van der Waals surface area contributed by atoms with Gasteiger partial charge < -0.3 is 15.4 Å². The van der Waals surface area contributed by atoms with Crippen LogP contribution in [0.3, 0.4) is 0 Å². The molecule has 0 aliphatic carbocycles. The van der Waals surface area contributed by atoms with Crippen LogP contribution in [0.2, 0.25) is 0 Å². The molecule has 0 atom stereocenters. The number of rotatable bonds is 5. The van der Waals surface area contributed by atoms with Gasteiger partial charge in [0.05, 0.1) is 6.10 Å². The fraction of sp³-hybridized carbons (Fsp3) is 0.688. The lowest BCUT2D eigenvalue weighted by atomic mass is 10.0. The van der Waals surface area contributed by atoms with Gasteiger partial charge in [0.25, 0.3) is 0 Å². The second-order valence-corrected chi connectivity index (χ2v) is 6.48. The van der Waals surface area contributed by atoms with Crippen LogP contribution in [0.4, 0.5) is 5.82 Å². The van der Waals surface area contributed by atoms with Gasteiger partial charge in [0.2, 0.25) is 0 Å². The van der Waals surface area contributed by atoms with E-state index in [1.54, 1.807) is 0 Å². The van der Waals surface area contributed by atoms with E-state index in [0.717, 1.165) is 37.7 Å². The number of hydrogen-bond donors (Lipinski definition) is 1. The molecular weight excluding hydrogens is 264 g/mol. The van der Waals surface area contributed by atoms with Gasteiger partial charge in [-0.3, -0.25) is 4.90 Å². The van der Waals surface area contributed by atoms with Crippen LogP contribution >= 0.6 is 0 Å². The standard InChI is InChI=1S/C16H28N4O/c1-13(2)21-14-6-5-7-18-15(14)19-8-10-20(11-9-19)16(3,4)12-17/h5-7,13H,8-12,17H2,1-4H3. The fourth-order valence-corrected chi connectivity index (χ4v) is 2.62. The number of aromatic nitrogens is 1. The third-order valence-electron chi connectivity index (χ3n) is 4.05. The minimum Gasteiger partial charge on any atom is -0.487 e. The molecule has 1 aliphatic rings. The average molecular weight is 292 g/mol. The summed E-state index contributed by atoms with van der Waals surface area (Å²) >= 11 is 0. The van der Waals surface area contributed by atoms with Gasteiger partial charge in [0, 0.05) is 44.5 Å². The van der Waals surface area contributed by atoms with Gasteiger partial charge >= 0.3 is 0 Å². The van der Waals surface area contributed by atoms with Crippen LogP contribution < -0.4 is 15.4 Å². The minimum atomic E-state index is 0.0630. The molecule has 0 spiro atoms. The number of anilines is 1. The van der Waals surface area contributed by atoms with Gasteiger partial charge in [-0.2, -0.15) is 0 Å². The van der Waals surface area contributed by atoms with E-state index in [4.69, 9.17) is 10.5 Å². The second kappa shape index (κ2) is 6.62. The Morgan fingerprint density at radius 3 is 2.52 bits per heavy atom. The highest BCUT2D eigenvalue weighted by atomic mass is 16.5. The lowest BCUT2D eigenvalue weighted by Crippen LogP contribution is -2.57. The number of nitrogens with two attached hydrogens (primary N) is 1. The molecule has 21 heavy (non-hydrogen) atoms. The first-order valence-electron chi connectivity index (χ1n) is 7.76. The lowest BCUT2D eigenvalue weighted by molar-refractivity contribution is 0.118. The molecule has 0 bridgehead atoms. The number of nitrogens with zero attached hydrogens (tertiary/aromatic N) is 3. The van der Waals surface area contributed by atoms with E-state index in [0.29, 0.717) is 6.54 Å². The summed E-state index contributed by atoms with van der Waals surface area (Å²) in [5.74, 6) is 1.83. The lowest BCUT2D eigenvalue weighted by Gasteiger charge is -2.44. The van der Waals surface area contributed by atoms with Crippen LogP contribution in [0, 0.1) is 0 Å². The number of ether oxygens (including phenoxy) is 1. The maximum atomic E-state index is 5.88. The Morgan fingerprint density at radius 2 is 1.95 bits per heavy atom. The smallest absolute Gasteiger partial charge is 0.171 e. The normalized spacial score (nSPS) is 17.3. The first-order valence-corrected chi connectivity index (χ1v) is 7.76. The maximum Gasteiger partial charge on any atom is 0.171 e. The summed E-state index contributed by atoms with van der Waals surface area (Å²) in [5, 5.41) is 0. The molecule has 1 saturated heterocycles. The minimum absolute atomic E-state index is 0.0630. The van der Waals surface area contributed by atoms with Gasteiger partial charge in [0.15, 0.2) is 11.6 Å². The molecule has 5 heteroatoms. The molecule has 0 unspecified atom stereocenters. The first kappa shape index (κ1) is 16.0. The van der Waals surface area contributed by atoms with Crippen molar-refractivity contribution in [2.45, 2.75) is 39.3 Å². The summed E-state index contributed by atoms with van der Waals surface area (Å²) in [4.78, 5) is 9.28. The third-order valence-corrected chi connectivity index (χ3v) is 4.05. The summed E-state index contributed by atoms with van der Waals surface area (Å²) in [6.45, 7) is 13.1. The predicted molar refractivity (Wildman–Crippen MR) is 86.9 cm³/mol. The summed E-state index contributed by atoms with van der Waals surface area (Å²) in [7, 11) is 0. The van der Waals surface area contributed by atoms with Crippen molar-refractivity contribution in [3.05, 3.63) is 18.3 Å². The van der Waals surface area contributed by atoms with E-state index in [1.807, 2.05) is 32.2 Å². The quantitative estimate of drug-likeness (QED) is 0.895. The van der Waals surface area contributed by atoms with Gasteiger partial charge in [-0.05, 0) is 39.8 Å². The van der Waals surface area contributed by atoms with E-state index in [9.17, 15) is 0 Å².